The van der Waals surface area contributed by atoms with Crippen molar-refractivity contribution in [3.63, 3.8) is 0 Å². The molecule has 0 saturated carbocycles. The second kappa shape index (κ2) is 4.75. The Hall–Kier alpha value is -1.56. The Morgan fingerprint density at radius 1 is 1.65 bits per heavy atom. The summed E-state index contributed by atoms with van der Waals surface area (Å²) in [6.45, 7) is 3.23. The van der Waals surface area contributed by atoms with Crippen molar-refractivity contribution in [1.82, 2.24) is 9.55 Å². The van der Waals surface area contributed by atoms with Gasteiger partial charge in [0.25, 0.3) is 0 Å². The normalized spacial score (nSPS) is 20.2. The van der Waals surface area contributed by atoms with Crippen LogP contribution in [0.25, 0.3) is 0 Å². The van der Waals surface area contributed by atoms with Crippen molar-refractivity contribution in [2.45, 2.75) is 25.8 Å². The average molecular weight is 239 g/mol. The molecule has 17 heavy (non-hydrogen) atoms. The fraction of sp³-hybridized carbons (Fsp3) is 0.636. The molecule has 1 unspecified atom stereocenters. The standard InChI is InChI=1S/C11H17N3O3/c1-7-13-9(11(15)16-2)10(12)14(7)8-4-3-5-17-6-8/h8H,3-6,12H2,1-2H3. The van der Waals surface area contributed by atoms with Crippen LogP contribution in [0.1, 0.15) is 35.2 Å². The van der Waals surface area contributed by atoms with E-state index in [1.165, 1.54) is 7.11 Å². The molecule has 0 amide bonds. The number of nitrogens with zero attached hydrogens (tertiary/aromatic N) is 2. The van der Waals surface area contributed by atoms with Crippen molar-refractivity contribution in [2.24, 2.45) is 0 Å². The van der Waals surface area contributed by atoms with Gasteiger partial charge in [-0.1, -0.05) is 0 Å². The number of ether oxygens (including phenoxy) is 2. The lowest BCUT2D eigenvalue weighted by atomic mass is 10.1. The van der Waals surface area contributed by atoms with Crippen LogP contribution in [-0.4, -0.2) is 35.8 Å². The third-order valence-corrected chi connectivity index (χ3v) is 3.00. The highest BCUT2D eigenvalue weighted by Crippen LogP contribution is 2.26. The maximum Gasteiger partial charge on any atom is 0.360 e. The SMILES string of the molecule is COC(=O)c1nc(C)n(C2CCCOC2)c1N. The minimum absolute atomic E-state index is 0.162. The maximum absolute atomic E-state index is 11.5. The fourth-order valence-electron chi connectivity index (χ4n) is 2.20. The van der Waals surface area contributed by atoms with Gasteiger partial charge in [0.15, 0.2) is 5.69 Å². The van der Waals surface area contributed by atoms with Gasteiger partial charge in [0, 0.05) is 6.61 Å². The topological polar surface area (TPSA) is 79.4 Å². The summed E-state index contributed by atoms with van der Waals surface area (Å²) < 4.78 is 11.9. The Kier molecular flexibility index (Phi) is 3.33. The average Bonchev–Trinajstić information content (AvgIpc) is 2.65. The lowest BCUT2D eigenvalue weighted by molar-refractivity contribution is 0.0580. The number of nitrogens with two attached hydrogens (primary N) is 1. The molecule has 94 valence electrons. The third kappa shape index (κ3) is 2.12. The number of carbonyl (C=O) groups is 1. The molecule has 2 N–H and O–H groups in total. The second-order valence-electron chi connectivity index (χ2n) is 4.13. The summed E-state index contributed by atoms with van der Waals surface area (Å²) in [6.07, 6.45) is 1.98. The number of carbonyl (C=O) groups excluding carboxylic acids is 1. The van der Waals surface area contributed by atoms with E-state index in [0.717, 1.165) is 25.3 Å². The van der Waals surface area contributed by atoms with E-state index in [4.69, 9.17) is 10.5 Å². The number of hydrogen-bond acceptors (Lipinski definition) is 5. The molecule has 1 aromatic heterocycles. The number of methoxy groups -OCH3 is 1. The minimum atomic E-state index is -0.499. The molecule has 2 rings (SSSR count). The molecule has 1 fully saturated rings. The van der Waals surface area contributed by atoms with Crippen LogP contribution < -0.4 is 5.73 Å². The zero-order valence-corrected chi connectivity index (χ0v) is 10.1. The molecule has 1 aromatic rings. The van der Waals surface area contributed by atoms with Gasteiger partial charge in [-0.05, 0) is 19.8 Å². The van der Waals surface area contributed by atoms with Crippen molar-refractivity contribution in [1.29, 1.82) is 0 Å². The Labute approximate surface area is 99.7 Å². The fourth-order valence-corrected chi connectivity index (χ4v) is 2.20. The van der Waals surface area contributed by atoms with Crippen LogP contribution in [0.5, 0.6) is 0 Å². The van der Waals surface area contributed by atoms with E-state index < -0.39 is 5.97 Å². The van der Waals surface area contributed by atoms with Crippen molar-refractivity contribution >= 4 is 11.8 Å². The summed E-state index contributed by atoms with van der Waals surface area (Å²) in [5.41, 5.74) is 6.15. The van der Waals surface area contributed by atoms with E-state index in [-0.39, 0.29) is 11.7 Å². The number of esters is 1. The molecule has 0 radical (unpaired) electrons. The van der Waals surface area contributed by atoms with Gasteiger partial charge in [-0.15, -0.1) is 0 Å². The van der Waals surface area contributed by atoms with Crippen LogP contribution in [0.15, 0.2) is 0 Å². The smallest absolute Gasteiger partial charge is 0.360 e. The van der Waals surface area contributed by atoms with Crippen LogP contribution >= 0.6 is 0 Å². The zero-order valence-electron chi connectivity index (χ0n) is 10.1. The maximum atomic E-state index is 11.5. The van der Waals surface area contributed by atoms with Gasteiger partial charge < -0.3 is 19.8 Å². The predicted molar refractivity (Wildman–Crippen MR) is 61.8 cm³/mol. The molecule has 6 nitrogen and oxygen atoms in total. The summed E-state index contributed by atoms with van der Waals surface area (Å²) >= 11 is 0. The molecule has 0 aliphatic carbocycles. The largest absolute Gasteiger partial charge is 0.464 e. The molecule has 2 heterocycles. The van der Waals surface area contributed by atoms with Gasteiger partial charge in [0.1, 0.15) is 11.6 Å². The zero-order chi connectivity index (χ0) is 12.4. The van der Waals surface area contributed by atoms with Gasteiger partial charge in [0.2, 0.25) is 0 Å². The van der Waals surface area contributed by atoms with Crippen molar-refractivity contribution in [3.8, 4) is 0 Å². The molecule has 6 heteroatoms. The Morgan fingerprint density at radius 2 is 2.41 bits per heavy atom. The quantitative estimate of drug-likeness (QED) is 0.776. The first kappa shape index (κ1) is 11.9. The monoisotopic (exact) mass is 239 g/mol. The summed E-state index contributed by atoms with van der Waals surface area (Å²) in [5, 5.41) is 0. The highest BCUT2D eigenvalue weighted by Gasteiger charge is 2.25. The number of rotatable bonds is 2. The summed E-state index contributed by atoms with van der Waals surface area (Å²) in [5.74, 6) is 0.587. The number of hydrogen-bond donors (Lipinski definition) is 1. The summed E-state index contributed by atoms with van der Waals surface area (Å²) in [6, 6.07) is 0.162. The Balaban J connectivity index is 2.33. The van der Waals surface area contributed by atoms with Gasteiger partial charge in [-0.2, -0.15) is 0 Å². The highest BCUT2D eigenvalue weighted by molar-refractivity contribution is 5.92. The third-order valence-electron chi connectivity index (χ3n) is 3.00. The van der Waals surface area contributed by atoms with Gasteiger partial charge in [0.05, 0.1) is 19.8 Å². The van der Waals surface area contributed by atoms with Crippen LogP contribution in [0.3, 0.4) is 0 Å². The molecule has 0 aromatic carbocycles. The molecular weight excluding hydrogens is 222 g/mol. The first-order valence-corrected chi connectivity index (χ1v) is 5.65. The molecule has 0 bridgehead atoms. The number of aromatic nitrogens is 2. The lowest BCUT2D eigenvalue weighted by Crippen LogP contribution is -2.23. The van der Waals surface area contributed by atoms with E-state index in [1.54, 1.807) is 0 Å². The van der Waals surface area contributed by atoms with Crippen LogP contribution in [-0.2, 0) is 9.47 Å². The molecule has 1 saturated heterocycles. The first-order chi connectivity index (χ1) is 8.15. The molecule has 1 aliphatic rings. The van der Waals surface area contributed by atoms with E-state index in [2.05, 4.69) is 9.72 Å². The highest BCUT2D eigenvalue weighted by atomic mass is 16.5. The second-order valence-corrected chi connectivity index (χ2v) is 4.13. The number of imidazole rings is 1. The molecule has 0 spiro atoms. The van der Waals surface area contributed by atoms with Crippen LogP contribution in [0.2, 0.25) is 0 Å². The van der Waals surface area contributed by atoms with Crippen LogP contribution in [0.4, 0.5) is 5.82 Å². The van der Waals surface area contributed by atoms with E-state index in [0.29, 0.717) is 12.4 Å². The van der Waals surface area contributed by atoms with Crippen molar-refractivity contribution in [3.05, 3.63) is 11.5 Å². The van der Waals surface area contributed by atoms with Gasteiger partial charge in [-0.3, -0.25) is 0 Å². The van der Waals surface area contributed by atoms with E-state index in [9.17, 15) is 4.79 Å². The molecule has 1 aliphatic heterocycles. The Bertz CT molecular complexity index is 422. The van der Waals surface area contributed by atoms with E-state index >= 15 is 0 Å². The predicted octanol–water partition coefficient (Wildman–Crippen LogP) is 0.912. The number of anilines is 1. The summed E-state index contributed by atoms with van der Waals surface area (Å²) in [4.78, 5) is 15.6. The first-order valence-electron chi connectivity index (χ1n) is 5.65. The number of nitrogen functional groups attached to an aromatic ring is 1. The number of aryl methyl sites for hydroxylation is 1. The van der Waals surface area contributed by atoms with E-state index in [1.807, 2.05) is 11.5 Å². The van der Waals surface area contributed by atoms with Crippen LogP contribution in [0, 0.1) is 6.92 Å². The van der Waals surface area contributed by atoms with Gasteiger partial charge in [-0.25, -0.2) is 9.78 Å². The van der Waals surface area contributed by atoms with Crippen molar-refractivity contribution in [2.75, 3.05) is 26.1 Å². The Morgan fingerprint density at radius 3 is 3.00 bits per heavy atom. The molecular formula is C11H17N3O3. The van der Waals surface area contributed by atoms with Crippen molar-refractivity contribution < 1.29 is 14.3 Å². The van der Waals surface area contributed by atoms with Gasteiger partial charge >= 0.3 is 5.97 Å². The lowest BCUT2D eigenvalue weighted by Gasteiger charge is -2.25. The minimum Gasteiger partial charge on any atom is -0.464 e. The molecule has 1 atom stereocenters. The summed E-state index contributed by atoms with van der Waals surface area (Å²) in [7, 11) is 1.32.